The molecule has 3 rings (SSSR count). The molecule has 0 unspecified atom stereocenters. The maximum Gasteiger partial charge on any atom is 0.0401 e. The molecule has 0 saturated carbocycles. The Bertz CT molecular complexity index is 997. The highest BCUT2D eigenvalue weighted by Crippen LogP contribution is 2.31. The molecule has 0 amide bonds. The zero-order valence-corrected chi connectivity index (χ0v) is 18.3. The number of allylic oxidation sites excluding steroid dienone is 6. The molecule has 148 valence electrons. The number of hydrogen-bond donors (Lipinski definition) is 3. The van der Waals surface area contributed by atoms with Gasteiger partial charge in [-0.05, 0) is 88.3 Å². The van der Waals surface area contributed by atoms with Crippen molar-refractivity contribution in [3.05, 3.63) is 107 Å². The third-order valence-corrected chi connectivity index (χ3v) is 5.04. The monoisotopic (exact) mass is 447 g/mol. The van der Waals surface area contributed by atoms with Crippen molar-refractivity contribution < 1.29 is 0 Å². The zero-order chi connectivity index (χ0) is 20.5. The van der Waals surface area contributed by atoms with Gasteiger partial charge in [-0.3, -0.25) is 0 Å². The molecule has 1 aliphatic heterocycles. The molecule has 0 saturated heterocycles. The minimum Gasteiger partial charge on any atom is -0.394 e. The molecule has 4 heteroatoms. The van der Waals surface area contributed by atoms with Gasteiger partial charge in [0.25, 0.3) is 0 Å². The summed E-state index contributed by atoms with van der Waals surface area (Å²) in [6.45, 7) is 0.823. The highest BCUT2D eigenvalue weighted by molar-refractivity contribution is 9.10. The first-order valence-corrected chi connectivity index (χ1v) is 10.4. The van der Waals surface area contributed by atoms with Crippen LogP contribution in [0.4, 0.5) is 0 Å². The second kappa shape index (κ2) is 10.5. The fraction of sp³-hybridized carbons (Fsp3) is 0.120. The van der Waals surface area contributed by atoms with Gasteiger partial charge in [0.05, 0.1) is 0 Å². The van der Waals surface area contributed by atoms with Gasteiger partial charge in [-0.2, -0.15) is 0 Å². The third-order valence-electron chi connectivity index (χ3n) is 4.55. The molecule has 0 fully saturated rings. The summed E-state index contributed by atoms with van der Waals surface area (Å²) in [6, 6.07) is 15.2. The minimum atomic E-state index is 0.823. The summed E-state index contributed by atoms with van der Waals surface area (Å²) in [5.41, 5.74) is 7.15. The van der Waals surface area contributed by atoms with Gasteiger partial charge in [-0.1, -0.05) is 46.3 Å². The molecule has 1 heterocycles. The lowest BCUT2D eigenvalue weighted by atomic mass is 9.92. The Labute approximate surface area is 181 Å². The fourth-order valence-electron chi connectivity index (χ4n) is 3.17. The average molecular weight is 448 g/mol. The molecule has 1 aliphatic rings. The first-order chi connectivity index (χ1) is 14.2. The van der Waals surface area contributed by atoms with Gasteiger partial charge in [-0.25, -0.2) is 0 Å². The predicted octanol–water partition coefficient (Wildman–Crippen LogP) is 5.47. The second-order valence-electron chi connectivity index (χ2n) is 6.64. The van der Waals surface area contributed by atoms with Crippen molar-refractivity contribution in [2.24, 2.45) is 0 Å². The van der Waals surface area contributed by atoms with Gasteiger partial charge in [-0.15, -0.1) is 0 Å². The molecule has 29 heavy (non-hydrogen) atoms. The van der Waals surface area contributed by atoms with Crippen LogP contribution >= 0.6 is 15.9 Å². The Hall–Kier alpha value is -2.98. The Balaban J connectivity index is 2.11. The van der Waals surface area contributed by atoms with Crippen LogP contribution in [0.2, 0.25) is 0 Å². The first kappa shape index (κ1) is 20.7. The number of nitrogens with one attached hydrogen (secondary N) is 3. The molecule has 3 nitrogen and oxygen atoms in total. The first-order valence-electron chi connectivity index (χ1n) is 9.60. The molecular formula is C25H26BrN3. The lowest BCUT2D eigenvalue weighted by molar-refractivity contribution is 0.986. The average Bonchev–Trinajstić information content (AvgIpc) is 2.76. The number of hydrogen-bond acceptors (Lipinski definition) is 3. The van der Waals surface area contributed by atoms with E-state index in [-0.39, 0.29) is 0 Å². The van der Waals surface area contributed by atoms with Crippen molar-refractivity contribution in [3.63, 3.8) is 0 Å². The number of benzene rings is 2. The van der Waals surface area contributed by atoms with Crippen LogP contribution in [0.15, 0.2) is 95.9 Å². The van der Waals surface area contributed by atoms with Crippen molar-refractivity contribution in [3.8, 4) is 11.1 Å². The summed E-state index contributed by atoms with van der Waals surface area (Å²) in [5.74, 6) is 0. The van der Waals surface area contributed by atoms with Crippen LogP contribution in [0, 0.1) is 0 Å². The standard InChI is InChI=1S/C25H26BrN3/c1-27-11-4-3-7-20(17-28-2)23-13-22(19-8-5-10-25(26)16-19)14-24(15-23)21-9-6-12-29-18-21/h3-17,27-29H,18H2,1-2H3/b7-3-,11-4+,20-17+. The van der Waals surface area contributed by atoms with Crippen molar-refractivity contribution >= 4 is 27.1 Å². The van der Waals surface area contributed by atoms with E-state index < -0.39 is 0 Å². The highest BCUT2D eigenvalue weighted by atomic mass is 79.9. The third kappa shape index (κ3) is 5.75. The van der Waals surface area contributed by atoms with Gasteiger partial charge in [0.15, 0.2) is 0 Å². The quantitative estimate of drug-likeness (QED) is 0.492. The summed E-state index contributed by atoms with van der Waals surface area (Å²) < 4.78 is 1.08. The van der Waals surface area contributed by atoms with Gasteiger partial charge >= 0.3 is 0 Å². The van der Waals surface area contributed by atoms with Crippen LogP contribution < -0.4 is 16.0 Å². The van der Waals surface area contributed by atoms with E-state index in [1.807, 2.05) is 44.8 Å². The molecule has 3 N–H and O–H groups in total. The molecular weight excluding hydrogens is 422 g/mol. The largest absolute Gasteiger partial charge is 0.394 e. The zero-order valence-electron chi connectivity index (χ0n) is 16.7. The topological polar surface area (TPSA) is 36.1 Å². The van der Waals surface area contributed by atoms with E-state index in [0.717, 1.165) is 22.2 Å². The highest BCUT2D eigenvalue weighted by Gasteiger charge is 2.10. The van der Waals surface area contributed by atoms with Crippen LogP contribution in [0.5, 0.6) is 0 Å². The molecule has 0 spiro atoms. The molecule has 0 atom stereocenters. The maximum absolute atomic E-state index is 3.60. The number of dihydropyridines is 1. The molecule has 0 aliphatic carbocycles. The summed E-state index contributed by atoms with van der Waals surface area (Å²) in [4.78, 5) is 0. The number of rotatable bonds is 7. The van der Waals surface area contributed by atoms with Gasteiger partial charge in [0, 0.05) is 31.3 Å². The SMILES string of the molecule is CN/C=C/C=C\C(=C/NC)c1cc(C2=CC=CNC2)cc(-c2cccc(Br)c2)c1. The van der Waals surface area contributed by atoms with Crippen molar-refractivity contribution in [2.75, 3.05) is 20.6 Å². The summed E-state index contributed by atoms with van der Waals surface area (Å²) >= 11 is 3.60. The van der Waals surface area contributed by atoms with Crippen LogP contribution in [0.1, 0.15) is 11.1 Å². The van der Waals surface area contributed by atoms with E-state index in [9.17, 15) is 0 Å². The Morgan fingerprint density at radius 2 is 1.86 bits per heavy atom. The number of halogens is 1. The summed E-state index contributed by atoms with van der Waals surface area (Å²) in [5, 5.41) is 9.50. The Morgan fingerprint density at radius 1 is 1.00 bits per heavy atom. The van der Waals surface area contributed by atoms with Crippen molar-refractivity contribution in [1.82, 2.24) is 16.0 Å². The Morgan fingerprint density at radius 3 is 2.59 bits per heavy atom. The van der Waals surface area contributed by atoms with E-state index >= 15 is 0 Å². The summed E-state index contributed by atoms with van der Waals surface area (Å²) in [6.07, 6.45) is 16.3. The lowest BCUT2D eigenvalue weighted by Gasteiger charge is -2.16. The van der Waals surface area contributed by atoms with E-state index in [0.29, 0.717) is 0 Å². The van der Waals surface area contributed by atoms with Gasteiger partial charge < -0.3 is 16.0 Å². The van der Waals surface area contributed by atoms with Crippen molar-refractivity contribution in [2.45, 2.75) is 0 Å². The Kier molecular flexibility index (Phi) is 7.54. The summed E-state index contributed by atoms with van der Waals surface area (Å²) in [7, 11) is 3.82. The maximum atomic E-state index is 3.60. The molecule has 2 aromatic carbocycles. The van der Waals surface area contributed by atoms with Gasteiger partial charge in [0.1, 0.15) is 0 Å². The second-order valence-corrected chi connectivity index (χ2v) is 7.55. The van der Waals surface area contributed by atoms with Crippen LogP contribution in [-0.4, -0.2) is 20.6 Å². The van der Waals surface area contributed by atoms with Crippen LogP contribution in [-0.2, 0) is 0 Å². The normalized spacial score (nSPS) is 14.2. The van der Waals surface area contributed by atoms with E-state index in [2.05, 4.69) is 92.6 Å². The van der Waals surface area contributed by atoms with Crippen molar-refractivity contribution in [1.29, 1.82) is 0 Å². The van der Waals surface area contributed by atoms with E-state index in [4.69, 9.17) is 0 Å². The minimum absolute atomic E-state index is 0.823. The van der Waals surface area contributed by atoms with E-state index in [1.165, 1.54) is 22.3 Å². The predicted molar refractivity (Wildman–Crippen MR) is 129 cm³/mol. The van der Waals surface area contributed by atoms with Crippen LogP contribution in [0.25, 0.3) is 22.3 Å². The van der Waals surface area contributed by atoms with E-state index in [1.54, 1.807) is 0 Å². The molecule has 0 bridgehead atoms. The van der Waals surface area contributed by atoms with Crippen LogP contribution in [0.3, 0.4) is 0 Å². The fourth-order valence-corrected chi connectivity index (χ4v) is 3.57. The smallest absolute Gasteiger partial charge is 0.0401 e. The molecule has 2 aromatic rings. The molecule has 0 radical (unpaired) electrons. The lowest BCUT2D eigenvalue weighted by Crippen LogP contribution is -2.12. The molecule has 0 aromatic heterocycles. The van der Waals surface area contributed by atoms with Gasteiger partial charge in [0.2, 0.25) is 0 Å².